The standard InChI is InChI=1S/C12H16N2.ClH/c1-2-3-4-12(14)11-7-5-10(9-13)6-8-11;/h5-8,12H,2-4,14H2,1H3;1H/t12-;/m0./s1. The van der Waals surface area contributed by atoms with Crippen LogP contribution < -0.4 is 5.73 Å². The van der Waals surface area contributed by atoms with E-state index in [4.69, 9.17) is 11.0 Å². The summed E-state index contributed by atoms with van der Waals surface area (Å²) in [7, 11) is 0. The molecule has 0 aromatic heterocycles. The van der Waals surface area contributed by atoms with Crippen molar-refractivity contribution in [1.29, 1.82) is 5.26 Å². The molecule has 0 bridgehead atoms. The van der Waals surface area contributed by atoms with Crippen LogP contribution in [-0.4, -0.2) is 0 Å². The van der Waals surface area contributed by atoms with Crippen LogP contribution in [0.5, 0.6) is 0 Å². The number of rotatable bonds is 4. The summed E-state index contributed by atoms with van der Waals surface area (Å²) in [5.74, 6) is 0. The van der Waals surface area contributed by atoms with Crippen molar-refractivity contribution in [2.24, 2.45) is 5.73 Å². The third-order valence-corrected chi connectivity index (χ3v) is 2.34. The van der Waals surface area contributed by atoms with E-state index in [1.807, 2.05) is 24.3 Å². The average molecular weight is 225 g/mol. The summed E-state index contributed by atoms with van der Waals surface area (Å²) in [6.07, 6.45) is 3.34. The normalized spacial score (nSPS) is 11.3. The Hall–Kier alpha value is -1.04. The van der Waals surface area contributed by atoms with Crippen LogP contribution in [-0.2, 0) is 0 Å². The van der Waals surface area contributed by atoms with Crippen molar-refractivity contribution in [1.82, 2.24) is 0 Å². The summed E-state index contributed by atoms with van der Waals surface area (Å²) in [4.78, 5) is 0. The lowest BCUT2D eigenvalue weighted by atomic mass is 10.0. The van der Waals surface area contributed by atoms with Gasteiger partial charge in [0.1, 0.15) is 0 Å². The highest BCUT2D eigenvalue weighted by Gasteiger charge is 2.04. The van der Waals surface area contributed by atoms with E-state index in [9.17, 15) is 0 Å². The Balaban J connectivity index is 0.00000196. The lowest BCUT2D eigenvalue weighted by molar-refractivity contribution is 0.603. The molecule has 0 heterocycles. The highest BCUT2D eigenvalue weighted by atomic mass is 35.5. The molecule has 0 amide bonds. The van der Waals surface area contributed by atoms with Crippen molar-refractivity contribution in [2.45, 2.75) is 32.2 Å². The number of nitrogens with zero attached hydrogens (tertiary/aromatic N) is 1. The van der Waals surface area contributed by atoms with Gasteiger partial charge in [-0.25, -0.2) is 0 Å². The third-order valence-electron chi connectivity index (χ3n) is 2.34. The van der Waals surface area contributed by atoms with Gasteiger partial charge in [-0.1, -0.05) is 31.9 Å². The molecular weight excluding hydrogens is 208 g/mol. The molecule has 0 spiro atoms. The van der Waals surface area contributed by atoms with Gasteiger partial charge in [-0.3, -0.25) is 0 Å². The predicted molar refractivity (Wildman–Crippen MR) is 64.9 cm³/mol. The smallest absolute Gasteiger partial charge is 0.0991 e. The van der Waals surface area contributed by atoms with E-state index in [0.29, 0.717) is 5.56 Å². The van der Waals surface area contributed by atoms with Crippen molar-refractivity contribution in [3.05, 3.63) is 35.4 Å². The second-order valence-electron chi connectivity index (χ2n) is 3.48. The third kappa shape index (κ3) is 4.33. The largest absolute Gasteiger partial charge is 0.324 e. The van der Waals surface area contributed by atoms with Gasteiger partial charge in [-0.15, -0.1) is 12.4 Å². The van der Waals surface area contributed by atoms with Gasteiger partial charge in [-0.05, 0) is 24.1 Å². The van der Waals surface area contributed by atoms with Crippen LogP contribution in [0.2, 0.25) is 0 Å². The summed E-state index contributed by atoms with van der Waals surface area (Å²) < 4.78 is 0. The van der Waals surface area contributed by atoms with Gasteiger partial charge in [-0.2, -0.15) is 5.26 Å². The SMILES string of the molecule is CCCC[C@H](N)c1ccc(C#N)cc1.Cl. The molecule has 1 atom stereocenters. The van der Waals surface area contributed by atoms with Crippen molar-refractivity contribution in [3.63, 3.8) is 0 Å². The minimum atomic E-state index is 0. The molecule has 0 saturated heterocycles. The number of benzene rings is 1. The maximum Gasteiger partial charge on any atom is 0.0991 e. The quantitative estimate of drug-likeness (QED) is 0.854. The fraction of sp³-hybridized carbons (Fsp3) is 0.417. The van der Waals surface area contributed by atoms with Crippen molar-refractivity contribution < 1.29 is 0 Å². The van der Waals surface area contributed by atoms with Gasteiger partial charge < -0.3 is 5.73 Å². The maximum atomic E-state index is 8.63. The Morgan fingerprint density at radius 2 is 1.93 bits per heavy atom. The molecule has 2 N–H and O–H groups in total. The topological polar surface area (TPSA) is 49.8 Å². The van der Waals surface area contributed by atoms with Crippen LogP contribution in [0.4, 0.5) is 0 Å². The molecule has 2 nitrogen and oxygen atoms in total. The Bertz CT molecular complexity index is 313. The Kier molecular flexibility index (Phi) is 6.77. The number of hydrogen-bond acceptors (Lipinski definition) is 2. The molecule has 1 aromatic carbocycles. The number of unbranched alkanes of at least 4 members (excludes halogenated alkanes) is 1. The van der Waals surface area contributed by atoms with Gasteiger partial charge in [0.2, 0.25) is 0 Å². The Morgan fingerprint density at radius 1 is 1.33 bits per heavy atom. The van der Waals surface area contributed by atoms with Crippen molar-refractivity contribution in [2.75, 3.05) is 0 Å². The van der Waals surface area contributed by atoms with Crippen LogP contribution in [0.25, 0.3) is 0 Å². The van der Waals surface area contributed by atoms with E-state index in [-0.39, 0.29) is 18.4 Å². The van der Waals surface area contributed by atoms with E-state index in [0.717, 1.165) is 18.4 Å². The first-order valence-electron chi connectivity index (χ1n) is 5.03. The summed E-state index contributed by atoms with van der Waals surface area (Å²) in [5, 5.41) is 8.63. The zero-order chi connectivity index (χ0) is 10.4. The van der Waals surface area contributed by atoms with Gasteiger partial charge in [0.05, 0.1) is 11.6 Å². The molecule has 0 aliphatic heterocycles. The highest BCUT2D eigenvalue weighted by molar-refractivity contribution is 5.85. The molecule has 0 saturated carbocycles. The van der Waals surface area contributed by atoms with E-state index < -0.39 is 0 Å². The Morgan fingerprint density at radius 3 is 2.40 bits per heavy atom. The zero-order valence-electron chi connectivity index (χ0n) is 8.94. The molecule has 1 aromatic rings. The summed E-state index contributed by atoms with van der Waals surface area (Å²) in [6.45, 7) is 2.16. The monoisotopic (exact) mass is 224 g/mol. The molecule has 15 heavy (non-hydrogen) atoms. The number of halogens is 1. The average Bonchev–Trinajstić information content (AvgIpc) is 2.26. The second-order valence-corrected chi connectivity index (χ2v) is 3.48. The van der Waals surface area contributed by atoms with Gasteiger partial charge in [0.15, 0.2) is 0 Å². The first-order valence-corrected chi connectivity index (χ1v) is 5.03. The van der Waals surface area contributed by atoms with Crippen LogP contribution in [0.3, 0.4) is 0 Å². The fourth-order valence-corrected chi connectivity index (χ4v) is 1.40. The number of hydrogen-bond donors (Lipinski definition) is 1. The minimum Gasteiger partial charge on any atom is -0.324 e. The highest BCUT2D eigenvalue weighted by Crippen LogP contribution is 2.16. The van der Waals surface area contributed by atoms with Crippen LogP contribution in [0.15, 0.2) is 24.3 Å². The molecule has 0 unspecified atom stereocenters. The first kappa shape index (κ1) is 14.0. The second kappa shape index (κ2) is 7.28. The molecule has 0 aliphatic carbocycles. The van der Waals surface area contributed by atoms with E-state index in [1.54, 1.807) is 0 Å². The first-order chi connectivity index (χ1) is 6.77. The van der Waals surface area contributed by atoms with Crippen LogP contribution in [0.1, 0.15) is 43.4 Å². The molecule has 0 fully saturated rings. The molecule has 0 radical (unpaired) electrons. The van der Waals surface area contributed by atoms with E-state index in [2.05, 4.69) is 13.0 Å². The summed E-state index contributed by atoms with van der Waals surface area (Å²) in [6, 6.07) is 9.74. The number of nitrogens with two attached hydrogens (primary N) is 1. The maximum absolute atomic E-state index is 8.63. The Labute approximate surface area is 97.5 Å². The van der Waals surface area contributed by atoms with Gasteiger partial charge in [0.25, 0.3) is 0 Å². The summed E-state index contributed by atoms with van der Waals surface area (Å²) in [5.41, 5.74) is 7.80. The molecular formula is C12H17ClN2. The molecule has 82 valence electrons. The zero-order valence-corrected chi connectivity index (χ0v) is 9.76. The fourth-order valence-electron chi connectivity index (χ4n) is 1.40. The van der Waals surface area contributed by atoms with Crippen molar-refractivity contribution in [3.8, 4) is 6.07 Å². The van der Waals surface area contributed by atoms with Gasteiger partial charge >= 0.3 is 0 Å². The minimum absolute atomic E-state index is 0. The number of nitriles is 1. The van der Waals surface area contributed by atoms with Gasteiger partial charge in [0, 0.05) is 6.04 Å². The molecule has 3 heteroatoms. The lowest BCUT2D eigenvalue weighted by Gasteiger charge is -2.10. The lowest BCUT2D eigenvalue weighted by Crippen LogP contribution is -2.09. The van der Waals surface area contributed by atoms with E-state index in [1.165, 1.54) is 6.42 Å². The van der Waals surface area contributed by atoms with Crippen molar-refractivity contribution >= 4 is 12.4 Å². The van der Waals surface area contributed by atoms with Crippen LogP contribution >= 0.6 is 12.4 Å². The van der Waals surface area contributed by atoms with Crippen LogP contribution in [0, 0.1) is 11.3 Å². The molecule has 0 aliphatic rings. The molecule has 1 rings (SSSR count). The summed E-state index contributed by atoms with van der Waals surface area (Å²) >= 11 is 0. The van der Waals surface area contributed by atoms with E-state index >= 15 is 0 Å². The predicted octanol–water partition coefficient (Wildman–Crippen LogP) is 3.17.